The van der Waals surface area contributed by atoms with Gasteiger partial charge in [0.2, 0.25) is 0 Å². The van der Waals surface area contributed by atoms with Gasteiger partial charge in [0.05, 0.1) is 62.4 Å². The number of alkyl halides is 6. The highest BCUT2D eigenvalue weighted by Gasteiger charge is 2.33. The average Bonchev–Trinajstić information content (AvgIpc) is 4.11. The maximum Gasteiger partial charge on any atom is 0.393 e. The van der Waals surface area contributed by atoms with Crippen molar-refractivity contribution in [2.75, 3.05) is 39.1 Å². The van der Waals surface area contributed by atoms with Gasteiger partial charge in [-0.05, 0) is 79.5 Å². The van der Waals surface area contributed by atoms with E-state index in [1.165, 1.54) is 18.7 Å². The number of nitrogens with two attached hydrogens (primary N) is 1. The number of benzene rings is 2. The van der Waals surface area contributed by atoms with Crippen LogP contribution in [0, 0.1) is 0 Å². The standard InChI is InChI=1S/C28H30F3N5O2S.C15H19F3N4OS.C13H11NO2/c1-37-22-9-20(33-13-17-3-5-18(6-4-17)19-7-23(38-2)15-32-14-19)8-21(10-22)36-26-25-11-24(12-28(29,30)31)39-27(25)35-16-34-26;1-23-10-3-8(19)2-9(4-10)22-13-12-5-11(6-15(16,17)18)24-14(12)21-7-20-13;1-16-13-6-12(7-14-8-13)11-4-2-10(9-15)3-5-11/h3-7,11,14-16,20-22,33H,8-10,12-13H2,1-2H3,(H,34,35,36);5,7-10H,2-4,6,19H2,1H3,(H,20,21,22);2-9H,1H3/t20-,21+,22-;8-,9+,10-;/m11./s1. The van der Waals surface area contributed by atoms with Crippen molar-refractivity contribution in [1.82, 2.24) is 35.2 Å². The third-order valence-corrected chi connectivity index (χ3v) is 15.5. The van der Waals surface area contributed by atoms with Gasteiger partial charge in [0.15, 0.2) is 0 Å². The first-order chi connectivity index (χ1) is 38.0. The quantitative estimate of drug-likeness (QED) is 0.0527. The lowest BCUT2D eigenvalue weighted by Gasteiger charge is -2.35. The molecule has 2 fully saturated rings. The molecule has 0 aliphatic heterocycles. The topological polar surface area (TPSA) is 193 Å². The zero-order valence-corrected chi connectivity index (χ0v) is 45.3. The van der Waals surface area contributed by atoms with Crippen molar-refractivity contribution in [2.45, 2.75) is 107 Å². The van der Waals surface area contributed by atoms with Gasteiger partial charge in [0.25, 0.3) is 0 Å². The fourth-order valence-electron chi connectivity index (χ4n) is 9.57. The molecule has 2 saturated carbocycles. The van der Waals surface area contributed by atoms with Crippen LogP contribution in [-0.4, -0.2) is 113 Å². The summed E-state index contributed by atoms with van der Waals surface area (Å²) in [4.78, 5) is 37.2. The van der Waals surface area contributed by atoms with Crippen LogP contribution in [0.3, 0.4) is 0 Å². The predicted octanol–water partition coefficient (Wildman–Crippen LogP) is 11.7. The molecule has 0 unspecified atom stereocenters. The molecule has 23 heteroatoms. The van der Waals surface area contributed by atoms with Crippen LogP contribution in [0.25, 0.3) is 42.7 Å². The van der Waals surface area contributed by atoms with Crippen LogP contribution < -0.4 is 31.2 Å². The molecule has 5 N–H and O–H groups in total. The van der Waals surface area contributed by atoms with Crippen molar-refractivity contribution in [2.24, 2.45) is 5.73 Å². The molecule has 0 spiro atoms. The van der Waals surface area contributed by atoms with Gasteiger partial charge < -0.3 is 40.6 Å². The Hall–Kier alpha value is -6.89. The zero-order valence-electron chi connectivity index (χ0n) is 43.7. The number of hydrogen-bond donors (Lipinski definition) is 4. The number of aldehydes is 1. The number of nitrogens with one attached hydrogen (secondary N) is 3. The molecule has 2 aliphatic carbocycles. The summed E-state index contributed by atoms with van der Waals surface area (Å²) < 4.78 is 98.0. The fourth-order valence-corrected chi connectivity index (χ4v) is 11.6. The maximum atomic E-state index is 12.9. The van der Waals surface area contributed by atoms with Gasteiger partial charge in [-0.3, -0.25) is 14.8 Å². The molecule has 418 valence electrons. The molecule has 15 nitrogen and oxygen atoms in total. The lowest BCUT2D eigenvalue weighted by atomic mass is 9.88. The lowest BCUT2D eigenvalue weighted by Crippen LogP contribution is -2.44. The van der Waals surface area contributed by atoms with E-state index >= 15 is 0 Å². The van der Waals surface area contributed by atoms with Crippen molar-refractivity contribution in [3.63, 3.8) is 0 Å². The maximum absolute atomic E-state index is 12.9. The first-order valence-corrected chi connectivity index (χ1v) is 26.9. The summed E-state index contributed by atoms with van der Waals surface area (Å²) in [6.45, 7) is 0.702. The van der Waals surface area contributed by atoms with Crippen LogP contribution in [0.1, 0.15) is 64.2 Å². The molecule has 10 rings (SSSR count). The zero-order chi connectivity index (χ0) is 56.1. The second kappa shape index (κ2) is 26.8. The fraction of sp³-hybridized carbons (Fsp3) is 0.375. The second-order valence-electron chi connectivity index (χ2n) is 19.2. The number of halogens is 6. The van der Waals surface area contributed by atoms with Gasteiger partial charge >= 0.3 is 12.4 Å². The number of fused-ring (bicyclic) bond motifs is 2. The van der Waals surface area contributed by atoms with Crippen LogP contribution in [0.4, 0.5) is 38.0 Å². The highest BCUT2D eigenvalue weighted by Crippen LogP contribution is 2.36. The van der Waals surface area contributed by atoms with Crippen LogP contribution in [-0.2, 0) is 28.9 Å². The van der Waals surface area contributed by atoms with Crippen molar-refractivity contribution in [1.29, 1.82) is 0 Å². The number of thiophene rings is 2. The number of nitrogens with zero attached hydrogens (tertiary/aromatic N) is 6. The van der Waals surface area contributed by atoms with Crippen LogP contribution in [0.5, 0.6) is 11.5 Å². The molecule has 0 radical (unpaired) electrons. The lowest BCUT2D eigenvalue weighted by molar-refractivity contribution is -0.127. The Kier molecular flexibility index (Phi) is 19.8. The first kappa shape index (κ1) is 58.3. The number of anilines is 2. The van der Waals surface area contributed by atoms with E-state index in [0.717, 1.165) is 107 Å². The molecule has 79 heavy (non-hydrogen) atoms. The van der Waals surface area contributed by atoms with E-state index < -0.39 is 25.2 Å². The van der Waals surface area contributed by atoms with Crippen LogP contribution >= 0.6 is 22.7 Å². The summed E-state index contributed by atoms with van der Waals surface area (Å²) in [5, 5.41) is 11.7. The van der Waals surface area contributed by atoms with Gasteiger partial charge in [-0.2, -0.15) is 26.3 Å². The number of aromatic nitrogens is 6. The van der Waals surface area contributed by atoms with Crippen molar-refractivity contribution in [3.05, 3.63) is 131 Å². The molecule has 0 saturated heterocycles. The SMILES string of the molecule is CO[C@@H]1C[C@H](N)C[C@H](Nc2ncnc3sc(CC(F)(F)F)cc23)C1.COc1cncc(-c2ccc(C=O)cc2)c1.COc1cncc(-c2ccc(CN[C@@H]3C[C@H](Nc4ncnc5sc(CC(F)(F)F)cc45)C[C@H](OC)C3)cc2)c1. The molecular formula is C56H60F6N10O5S2. The molecule has 2 aromatic carbocycles. The minimum absolute atomic E-state index is 0.0294. The Morgan fingerprint density at radius 3 is 1.52 bits per heavy atom. The summed E-state index contributed by atoms with van der Waals surface area (Å²) in [6.07, 6.45) is 5.07. The van der Waals surface area contributed by atoms with Gasteiger partial charge in [0, 0.05) is 83.8 Å². The van der Waals surface area contributed by atoms with E-state index in [4.69, 9.17) is 24.7 Å². The number of hydrogen-bond acceptors (Lipinski definition) is 17. The second-order valence-corrected chi connectivity index (χ2v) is 21.4. The number of carbonyl (C=O) groups excluding carboxylic acids is 1. The first-order valence-electron chi connectivity index (χ1n) is 25.3. The van der Waals surface area contributed by atoms with Gasteiger partial charge in [-0.15, -0.1) is 22.7 Å². The smallest absolute Gasteiger partial charge is 0.393 e. The van der Waals surface area contributed by atoms with Crippen molar-refractivity contribution >= 4 is 61.0 Å². The number of pyridine rings is 2. The molecular weight excluding hydrogens is 1070 g/mol. The molecule has 6 heterocycles. The van der Waals surface area contributed by atoms with Gasteiger partial charge in [0.1, 0.15) is 51.7 Å². The highest BCUT2D eigenvalue weighted by atomic mass is 32.1. The van der Waals surface area contributed by atoms with Crippen molar-refractivity contribution in [3.8, 4) is 33.8 Å². The summed E-state index contributed by atoms with van der Waals surface area (Å²) in [6, 6.07) is 23.0. The van der Waals surface area contributed by atoms with E-state index in [1.54, 1.807) is 65.2 Å². The molecule has 0 bridgehead atoms. The number of rotatable bonds is 16. The Labute approximate surface area is 460 Å². The third-order valence-electron chi connectivity index (χ3n) is 13.4. The number of carbonyl (C=O) groups is 1. The van der Waals surface area contributed by atoms with Crippen LogP contribution in [0.15, 0.2) is 110 Å². The molecule has 8 aromatic rings. The summed E-state index contributed by atoms with van der Waals surface area (Å²) in [5.74, 6) is 2.55. The number of methoxy groups -OCH3 is 4. The third kappa shape index (κ3) is 16.8. The summed E-state index contributed by atoms with van der Waals surface area (Å²) in [5.41, 5.74) is 11.9. The monoisotopic (exact) mass is 1130 g/mol. The molecule has 0 amide bonds. The average molecular weight is 1130 g/mol. The van der Waals surface area contributed by atoms with E-state index in [-0.39, 0.29) is 46.1 Å². The highest BCUT2D eigenvalue weighted by molar-refractivity contribution is 7.19. The Balaban J connectivity index is 0.000000174. The molecule has 6 atom stereocenters. The van der Waals surface area contributed by atoms with E-state index in [1.807, 2.05) is 30.5 Å². The summed E-state index contributed by atoms with van der Waals surface area (Å²) >= 11 is 2.10. The van der Waals surface area contributed by atoms with Crippen LogP contribution in [0.2, 0.25) is 0 Å². The number of ether oxygens (including phenoxy) is 4. The van der Waals surface area contributed by atoms with Crippen molar-refractivity contribution < 1.29 is 50.1 Å². The largest absolute Gasteiger partial charge is 0.495 e. The van der Waals surface area contributed by atoms with E-state index in [0.29, 0.717) is 44.2 Å². The van der Waals surface area contributed by atoms with Gasteiger partial charge in [-0.1, -0.05) is 48.5 Å². The van der Waals surface area contributed by atoms with E-state index in [9.17, 15) is 31.1 Å². The minimum Gasteiger partial charge on any atom is -0.495 e. The normalized spacial score (nSPS) is 19.4. The van der Waals surface area contributed by atoms with E-state index in [2.05, 4.69) is 70.1 Å². The minimum atomic E-state index is -4.26. The Morgan fingerprint density at radius 1 is 0.582 bits per heavy atom. The Morgan fingerprint density at radius 2 is 1.05 bits per heavy atom. The predicted molar refractivity (Wildman–Crippen MR) is 295 cm³/mol. The molecule has 6 aromatic heterocycles. The summed E-state index contributed by atoms with van der Waals surface area (Å²) in [7, 11) is 6.60. The molecule has 2 aliphatic rings. The van der Waals surface area contributed by atoms with Gasteiger partial charge in [-0.25, -0.2) is 19.9 Å². The Bertz CT molecular complexity index is 3240.